The third-order valence-corrected chi connectivity index (χ3v) is 4.85. The molecular weight excluding hydrogens is 204 g/mol. The van der Waals surface area contributed by atoms with E-state index in [9.17, 15) is 0 Å². The maximum absolute atomic E-state index is 6.15. The van der Waals surface area contributed by atoms with E-state index in [4.69, 9.17) is 14.2 Å². The fraction of sp³-hybridized carbons (Fsp3) is 1.00. The molecular formula is C13H20O3. The lowest BCUT2D eigenvalue weighted by molar-refractivity contribution is -0.316. The van der Waals surface area contributed by atoms with Crippen molar-refractivity contribution in [2.45, 2.75) is 51.1 Å². The Balaban J connectivity index is 1.55. The van der Waals surface area contributed by atoms with Gasteiger partial charge in [0.1, 0.15) is 0 Å². The molecule has 0 aromatic carbocycles. The second kappa shape index (κ2) is 2.82. The summed E-state index contributed by atoms with van der Waals surface area (Å²) < 4.78 is 17.9. The summed E-state index contributed by atoms with van der Waals surface area (Å²) in [4.78, 5) is 0. The van der Waals surface area contributed by atoms with Gasteiger partial charge in [-0.05, 0) is 18.8 Å². The third-order valence-electron chi connectivity index (χ3n) is 4.85. The first kappa shape index (κ1) is 9.86. The highest BCUT2D eigenvalue weighted by Gasteiger charge is 2.66. The molecule has 2 saturated carbocycles. The largest absolute Gasteiger partial charge is 0.369 e. The smallest absolute Gasteiger partial charge is 0.171 e. The summed E-state index contributed by atoms with van der Waals surface area (Å²) in [6.45, 7) is 6.10. The van der Waals surface area contributed by atoms with Crippen molar-refractivity contribution >= 4 is 0 Å². The standard InChI is InChI=1S/C13H20O3/c1-12(2)6-14-13(15-7-12)4-3-8-9(13)5-10-11(8)16-10/h8-11H,3-7H2,1-2H3/t8-,9-,10-,11+/m0/s1. The second-order valence-corrected chi connectivity index (χ2v) is 6.74. The highest BCUT2D eigenvalue weighted by Crippen LogP contribution is 2.60. The van der Waals surface area contributed by atoms with Crippen LogP contribution in [0.3, 0.4) is 0 Å². The fourth-order valence-corrected chi connectivity index (χ4v) is 3.88. The van der Waals surface area contributed by atoms with Crippen LogP contribution in [0.25, 0.3) is 0 Å². The Morgan fingerprint density at radius 3 is 2.62 bits per heavy atom. The lowest BCUT2D eigenvalue weighted by Crippen LogP contribution is -2.50. The zero-order valence-corrected chi connectivity index (χ0v) is 10.1. The average molecular weight is 224 g/mol. The van der Waals surface area contributed by atoms with Gasteiger partial charge >= 0.3 is 0 Å². The predicted octanol–water partition coefficient (Wildman–Crippen LogP) is 1.95. The molecule has 2 aliphatic heterocycles. The lowest BCUT2D eigenvalue weighted by Gasteiger charge is -2.44. The molecule has 0 amide bonds. The van der Waals surface area contributed by atoms with Crippen molar-refractivity contribution in [3.63, 3.8) is 0 Å². The molecule has 4 rings (SSSR count). The second-order valence-electron chi connectivity index (χ2n) is 6.74. The van der Waals surface area contributed by atoms with Crippen molar-refractivity contribution in [3.8, 4) is 0 Å². The first-order valence-electron chi connectivity index (χ1n) is 6.53. The minimum absolute atomic E-state index is 0.182. The molecule has 4 atom stereocenters. The molecule has 16 heavy (non-hydrogen) atoms. The van der Waals surface area contributed by atoms with Gasteiger partial charge < -0.3 is 14.2 Å². The number of epoxide rings is 1. The lowest BCUT2D eigenvalue weighted by atomic mass is 9.90. The fourth-order valence-electron chi connectivity index (χ4n) is 3.88. The Labute approximate surface area is 96.4 Å². The Morgan fingerprint density at radius 1 is 1.12 bits per heavy atom. The Bertz CT molecular complexity index is 315. The highest BCUT2D eigenvalue weighted by molar-refractivity contribution is 5.11. The molecule has 0 N–H and O–H groups in total. The molecule has 3 nitrogen and oxygen atoms in total. The predicted molar refractivity (Wildman–Crippen MR) is 57.9 cm³/mol. The van der Waals surface area contributed by atoms with Gasteiger partial charge in [-0.1, -0.05) is 13.8 Å². The molecule has 90 valence electrons. The number of hydrogen-bond donors (Lipinski definition) is 0. The van der Waals surface area contributed by atoms with Crippen molar-refractivity contribution < 1.29 is 14.2 Å². The van der Waals surface area contributed by atoms with Gasteiger partial charge in [-0.2, -0.15) is 0 Å². The highest BCUT2D eigenvalue weighted by atomic mass is 16.7. The first-order chi connectivity index (χ1) is 7.60. The first-order valence-corrected chi connectivity index (χ1v) is 6.53. The van der Waals surface area contributed by atoms with E-state index in [1.807, 2.05) is 0 Å². The summed E-state index contributed by atoms with van der Waals surface area (Å²) in [6.07, 6.45) is 4.55. The Hall–Kier alpha value is -0.120. The monoisotopic (exact) mass is 224 g/mol. The molecule has 0 unspecified atom stereocenters. The van der Waals surface area contributed by atoms with E-state index >= 15 is 0 Å². The molecule has 0 bridgehead atoms. The van der Waals surface area contributed by atoms with Gasteiger partial charge in [-0.15, -0.1) is 0 Å². The van der Waals surface area contributed by atoms with Crippen LogP contribution >= 0.6 is 0 Å². The normalized spacial score (nSPS) is 51.4. The SMILES string of the molecule is CC1(C)COC2(CC[C@@H]3[C@H]4O[C@H]4C[C@@H]32)OC1. The van der Waals surface area contributed by atoms with Gasteiger partial charge in [-0.25, -0.2) is 0 Å². The van der Waals surface area contributed by atoms with Gasteiger partial charge in [0, 0.05) is 17.8 Å². The molecule has 0 aromatic heterocycles. The number of hydrogen-bond acceptors (Lipinski definition) is 3. The van der Waals surface area contributed by atoms with E-state index in [0.717, 1.165) is 26.1 Å². The molecule has 3 heteroatoms. The number of fused-ring (bicyclic) bond motifs is 4. The molecule has 0 aromatic rings. The van der Waals surface area contributed by atoms with Crippen molar-refractivity contribution in [3.05, 3.63) is 0 Å². The number of ether oxygens (including phenoxy) is 3. The summed E-state index contributed by atoms with van der Waals surface area (Å²) in [5, 5.41) is 0. The van der Waals surface area contributed by atoms with Gasteiger partial charge in [-0.3, -0.25) is 0 Å². The molecule has 0 radical (unpaired) electrons. The number of rotatable bonds is 0. The maximum Gasteiger partial charge on any atom is 0.171 e. The molecule has 2 saturated heterocycles. The van der Waals surface area contributed by atoms with Crippen LogP contribution in [0.4, 0.5) is 0 Å². The van der Waals surface area contributed by atoms with Crippen LogP contribution in [0.1, 0.15) is 33.1 Å². The summed E-state index contributed by atoms with van der Waals surface area (Å²) >= 11 is 0. The van der Waals surface area contributed by atoms with Crippen molar-refractivity contribution in [1.82, 2.24) is 0 Å². The zero-order chi connectivity index (χ0) is 11.0. The van der Waals surface area contributed by atoms with E-state index in [1.54, 1.807) is 0 Å². The topological polar surface area (TPSA) is 31.0 Å². The van der Waals surface area contributed by atoms with Crippen LogP contribution in [0, 0.1) is 17.3 Å². The molecule has 2 aliphatic carbocycles. The quantitative estimate of drug-likeness (QED) is 0.589. The van der Waals surface area contributed by atoms with Crippen molar-refractivity contribution in [2.24, 2.45) is 17.3 Å². The van der Waals surface area contributed by atoms with Gasteiger partial charge in [0.25, 0.3) is 0 Å². The van der Waals surface area contributed by atoms with E-state index < -0.39 is 0 Å². The molecule has 1 spiro atoms. The summed E-state index contributed by atoms with van der Waals surface area (Å²) in [5.74, 6) is 1.08. The van der Waals surface area contributed by atoms with Crippen molar-refractivity contribution in [1.29, 1.82) is 0 Å². The Kier molecular flexibility index (Phi) is 1.74. The van der Waals surface area contributed by atoms with Crippen LogP contribution < -0.4 is 0 Å². The molecule has 2 heterocycles. The zero-order valence-electron chi connectivity index (χ0n) is 10.1. The van der Waals surface area contributed by atoms with Crippen LogP contribution in [0.5, 0.6) is 0 Å². The van der Waals surface area contributed by atoms with E-state index in [0.29, 0.717) is 24.0 Å². The van der Waals surface area contributed by atoms with E-state index in [-0.39, 0.29) is 11.2 Å². The van der Waals surface area contributed by atoms with Crippen LogP contribution in [0.15, 0.2) is 0 Å². The maximum atomic E-state index is 6.15. The minimum atomic E-state index is -0.239. The van der Waals surface area contributed by atoms with Crippen LogP contribution in [-0.2, 0) is 14.2 Å². The van der Waals surface area contributed by atoms with Gasteiger partial charge in [0.15, 0.2) is 5.79 Å². The Morgan fingerprint density at radius 2 is 1.88 bits per heavy atom. The summed E-state index contributed by atoms with van der Waals surface area (Å²) in [7, 11) is 0. The van der Waals surface area contributed by atoms with Gasteiger partial charge in [0.05, 0.1) is 25.4 Å². The van der Waals surface area contributed by atoms with Crippen LogP contribution in [0.2, 0.25) is 0 Å². The van der Waals surface area contributed by atoms with E-state index in [1.165, 1.54) is 6.42 Å². The van der Waals surface area contributed by atoms with Crippen LogP contribution in [-0.4, -0.2) is 31.2 Å². The molecule has 4 fully saturated rings. The van der Waals surface area contributed by atoms with Gasteiger partial charge in [0.2, 0.25) is 0 Å². The summed E-state index contributed by atoms with van der Waals surface area (Å²) in [6, 6.07) is 0. The summed E-state index contributed by atoms with van der Waals surface area (Å²) in [5.41, 5.74) is 0.182. The average Bonchev–Trinajstić information content (AvgIpc) is 2.79. The van der Waals surface area contributed by atoms with Crippen molar-refractivity contribution in [2.75, 3.05) is 13.2 Å². The third kappa shape index (κ3) is 1.20. The minimum Gasteiger partial charge on any atom is -0.369 e. The van der Waals surface area contributed by atoms with E-state index in [2.05, 4.69) is 13.8 Å². The molecule has 4 aliphatic rings.